The number of nitrogens with two attached hydrogens (primary N) is 3. The molecular formula is C24H35N5O6. The Kier molecular flexibility index (Phi) is 6.69. The number of piperidine rings is 1. The summed E-state index contributed by atoms with van der Waals surface area (Å²) in [6.45, 7) is 1.29. The van der Waals surface area contributed by atoms with Gasteiger partial charge in [0.05, 0.1) is 18.1 Å². The number of hydrogen-bond donors (Lipinski definition) is 5. The Morgan fingerprint density at radius 1 is 1.37 bits per heavy atom. The van der Waals surface area contributed by atoms with E-state index in [0.29, 0.717) is 43.7 Å². The normalized spacial score (nSPS) is 30.8. The van der Waals surface area contributed by atoms with Crippen molar-refractivity contribution in [1.29, 1.82) is 0 Å². The van der Waals surface area contributed by atoms with Crippen LogP contribution < -0.4 is 26.7 Å². The van der Waals surface area contributed by atoms with Gasteiger partial charge in [-0.3, -0.25) is 14.6 Å². The smallest absolute Gasteiger partial charge is 0.320 e. The third-order valence-corrected chi connectivity index (χ3v) is 8.01. The van der Waals surface area contributed by atoms with Crippen LogP contribution in [0, 0.1) is 0 Å². The number of hydrogen-bond acceptors (Lipinski definition) is 8. The minimum atomic E-state index is -1.00. The molecule has 11 heteroatoms. The van der Waals surface area contributed by atoms with Crippen molar-refractivity contribution in [3.05, 3.63) is 23.3 Å². The average molecular weight is 490 g/mol. The van der Waals surface area contributed by atoms with Gasteiger partial charge in [-0.25, -0.2) is 0 Å². The van der Waals surface area contributed by atoms with Crippen LogP contribution in [-0.2, 0) is 21.4 Å². The molecule has 1 aromatic carbocycles. The third kappa shape index (κ3) is 3.91. The number of likely N-dealkylation sites (tertiary alicyclic amines) is 1. The zero-order chi connectivity index (χ0) is 25.5. The summed E-state index contributed by atoms with van der Waals surface area (Å²) in [5, 5.41) is 20.1. The summed E-state index contributed by atoms with van der Waals surface area (Å²) >= 11 is 0. The van der Waals surface area contributed by atoms with Crippen molar-refractivity contribution < 1.29 is 29.3 Å². The van der Waals surface area contributed by atoms with Crippen LogP contribution in [0.4, 0.5) is 0 Å². The molecule has 35 heavy (non-hydrogen) atoms. The van der Waals surface area contributed by atoms with Gasteiger partial charge in [0.1, 0.15) is 6.04 Å². The molecule has 0 radical (unpaired) electrons. The van der Waals surface area contributed by atoms with E-state index in [9.17, 15) is 14.7 Å². The maximum Gasteiger partial charge on any atom is 0.320 e. The van der Waals surface area contributed by atoms with E-state index in [2.05, 4.69) is 23.0 Å². The molecule has 192 valence electrons. The summed E-state index contributed by atoms with van der Waals surface area (Å²) < 4.78 is 11.6. The number of guanidine groups is 1. The topological polar surface area (TPSA) is 187 Å². The number of carboxylic acid groups (broad SMARTS) is 1. The van der Waals surface area contributed by atoms with Gasteiger partial charge in [-0.2, -0.15) is 0 Å². The van der Waals surface area contributed by atoms with E-state index < -0.39 is 29.1 Å². The maximum absolute atomic E-state index is 12.7. The quantitative estimate of drug-likeness (QED) is 0.198. The lowest BCUT2D eigenvalue weighted by atomic mass is 9.49. The van der Waals surface area contributed by atoms with Crippen LogP contribution in [0.5, 0.6) is 11.5 Å². The Bertz CT molecular complexity index is 1040. The highest BCUT2D eigenvalue weighted by Gasteiger charge is 2.72. The third-order valence-electron chi connectivity index (χ3n) is 8.01. The van der Waals surface area contributed by atoms with Crippen molar-refractivity contribution in [3.8, 4) is 11.5 Å². The Labute approximate surface area is 204 Å². The van der Waals surface area contributed by atoms with Gasteiger partial charge in [0.2, 0.25) is 0 Å². The number of carbonyl (C=O) groups excluding carboxylic acids is 1. The fraction of sp³-hybridized carbons (Fsp3) is 0.625. The Morgan fingerprint density at radius 2 is 2.11 bits per heavy atom. The predicted molar refractivity (Wildman–Crippen MR) is 129 cm³/mol. The van der Waals surface area contributed by atoms with Crippen molar-refractivity contribution >= 4 is 17.7 Å². The van der Waals surface area contributed by atoms with Crippen molar-refractivity contribution in [2.75, 3.05) is 27.2 Å². The highest BCUT2D eigenvalue weighted by atomic mass is 16.5. The van der Waals surface area contributed by atoms with E-state index in [1.807, 2.05) is 6.07 Å². The first-order valence-corrected chi connectivity index (χ1v) is 11.9. The molecule has 1 spiro atoms. The average Bonchev–Trinajstić information content (AvgIpc) is 3.17. The van der Waals surface area contributed by atoms with Crippen LogP contribution >= 0.6 is 0 Å². The van der Waals surface area contributed by atoms with Gasteiger partial charge in [-0.15, -0.1) is 0 Å². The molecular weight excluding hydrogens is 454 g/mol. The molecule has 1 saturated carbocycles. The van der Waals surface area contributed by atoms with Crippen molar-refractivity contribution in [2.45, 2.75) is 67.7 Å². The van der Waals surface area contributed by atoms with E-state index >= 15 is 0 Å². The molecule has 2 heterocycles. The molecule has 0 aromatic heterocycles. The second-order valence-electron chi connectivity index (χ2n) is 9.83. The summed E-state index contributed by atoms with van der Waals surface area (Å²) in [6, 6.07) is 3.23. The standard InChI is InChI=1S/C18H21NO4.C6H14N4O2/c1-19-8-7-17-14-10-3-4-12(22-2)15(14)23-16(17)11(20)5-6-18(17,21)13(19)9-10;7-4(5(11)12)2-1-3-10-6(8)9/h3-4,13,16,21H,5-9H2,1-2H3;4H,1-3,7H2,(H,11,12)(H4,8,9,10)/t13-,16+,17+,18-;4-/m10/s1. The lowest BCUT2D eigenvalue weighted by Gasteiger charge is -2.62. The number of ketones is 1. The van der Waals surface area contributed by atoms with Crippen LogP contribution in [0.25, 0.3) is 0 Å². The molecule has 0 unspecified atom stereocenters. The molecule has 2 bridgehead atoms. The zero-order valence-corrected chi connectivity index (χ0v) is 20.2. The van der Waals surface area contributed by atoms with E-state index in [4.69, 9.17) is 31.8 Å². The van der Waals surface area contributed by atoms with Gasteiger partial charge in [0.25, 0.3) is 0 Å². The fourth-order valence-corrected chi connectivity index (χ4v) is 6.33. The number of ether oxygens (including phenoxy) is 2. The lowest BCUT2D eigenvalue weighted by molar-refractivity contribution is -0.185. The SMILES string of the molecule is COc1ccc2c3c1O[C@H]1C(=O)CC[C@@]4(O)[C@@H](C2)N(C)CC[C@]314.NC(N)=NCCC[C@H](N)C(=O)O. The Morgan fingerprint density at radius 3 is 2.77 bits per heavy atom. The minimum absolute atomic E-state index is 0.0129. The number of nitrogens with zero attached hydrogens (tertiary/aromatic N) is 2. The lowest BCUT2D eigenvalue weighted by Crippen LogP contribution is -2.76. The minimum Gasteiger partial charge on any atom is -0.493 e. The van der Waals surface area contributed by atoms with Crippen LogP contribution in [0.15, 0.2) is 17.1 Å². The molecule has 5 rings (SSSR count). The van der Waals surface area contributed by atoms with Gasteiger partial charge >= 0.3 is 5.97 Å². The maximum atomic E-state index is 12.7. The van der Waals surface area contributed by atoms with Crippen LogP contribution in [0.1, 0.15) is 43.2 Å². The first kappa shape index (κ1) is 25.2. The molecule has 4 aliphatic rings. The molecule has 0 amide bonds. The Hall–Kier alpha value is -2.89. The molecule has 2 aliphatic heterocycles. The molecule has 5 atom stereocenters. The number of aliphatic imine (C=N–C) groups is 1. The molecule has 2 fully saturated rings. The van der Waals surface area contributed by atoms with E-state index in [1.54, 1.807) is 7.11 Å². The molecule has 1 aromatic rings. The van der Waals surface area contributed by atoms with Crippen LogP contribution in [0.3, 0.4) is 0 Å². The number of likely N-dealkylation sites (N-methyl/N-ethyl adjacent to an activating group) is 1. The number of aliphatic carboxylic acids is 1. The summed E-state index contributed by atoms with van der Waals surface area (Å²) in [5.41, 5.74) is 16.1. The molecule has 2 aliphatic carbocycles. The fourth-order valence-electron chi connectivity index (χ4n) is 6.33. The summed E-state index contributed by atoms with van der Waals surface area (Å²) in [6.07, 6.45) is 2.85. The number of carboxylic acids is 1. The van der Waals surface area contributed by atoms with Gasteiger partial charge < -0.3 is 41.8 Å². The summed E-state index contributed by atoms with van der Waals surface area (Å²) in [7, 11) is 3.70. The summed E-state index contributed by atoms with van der Waals surface area (Å²) in [5.74, 6) is 0.481. The van der Waals surface area contributed by atoms with Gasteiger partial charge in [0, 0.05) is 24.6 Å². The predicted octanol–water partition coefficient (Wildman–Crippen LogP) is -0.500. The molecule has 11 nitrogen and oxygen atoms in total. The first-order chi connectivity index (χ1) is 16.6. The molecule has 1 saturated heterocycles. The number of Topliss-reactive ketones (excluding diaryl/α,β-unsaturated/α-hetero) is 1. The highest BCUT2D eigenvalue weighted by molar-refractivity contribution is 5.90. The van der Waals surface area contributed by atoms with E-state index in [0.717, 1.165) is 24.9 Å². The summed E-state index contributed by atoms with van der Waals surface area (Å²) in [4.78, 5) is 28.8. The van der Waals surface area contributed by atoms with Gasteiger partial charge in [0.15, 0.2) is 29.3 Å². The number of methoxy groups -OCH3 is 1. The zero-order valence-electron chi connectivity index (χ0n) is 20.2. The van der Waals surface area contributed by atoms with Crippen LogP contribution in [0.2, 0.25) is 0 Å². The van der Waals surface area contributed by atoms with Gasteiger partial charge in [-0.05, 0) is 57.3 Å². The monoisotopic (exact) mass is 489 g/mol. The Balaban J connectivity index is 0.000000207. The van der Waals surface area contributed by atoms with Crippen molar-refractivity contribution in [2.24, 2.45) is 22.2 Å². The van der Waals surface area contributed by atoms with Crippen LogP contribution in [-0.4, -0.2) is 83.9 Å². The van der Waals surface area contributed by atoms with Crippen molar-refractivity contribution in [1.82, 2.24) is 4.90 Å². The largest absolute Gasteiger partial charge is 0.493 e. The molecule has 8 N–H and O–H groups in total. The first-order valence-electron chi connectivity index (χ1n) is 11.9. The van der Waals surface area contributed by atoms with E-state index in [-0.39, 0.29) is 17.8 Å². The number of carbonyl (C=O) groups is 2. The number of aliphatic hydroxyl groups is 1. The van der Waals surface area contributed by atoms with Crippen molar-refractivity contribution in [3.63, 3.8) is 0 Å². The second kappa shape index (κ2) is 9.29. The number of benzene rings is 1. The van der Waals surface area contributed by atoms with E-state index in [1.165, 1.54) is 5.56 Å². The van der Waals surface area contributed by atoms with Gasteiger partial charge in [-0.1, -0.05) is 6.07 Å². The number of rotatable bonds is 6. The second-order valence-corrected chi connectivity index (χ2v) is 9.83. The highest BCUT2D eigenvalue weighted by Crippen LogP contribution is 2.64.